The van der Waals surface area contributed by atoms with Gasteiger partial charge in [-0.3, -0.25) is 9.59 Å². The third-order valence-corrected chi connectivity index (χ3v) is 14.2. The summed E-state index contributed by atoms with van der Waals surface area (Å²) in [7, 11) is 0. The highest BCUT2D eigenvalue weighted by Gasteiger charge is 2.72. The maximum Gasteiger partial charge on any atom is 0.315 e. The highest BCUT2D eigenvalue weighted by molar-refractivity contribution is 5.78. The molecular weight excluding hydrogens is 476 g/mol. The summed E-state index contributed by atoms with van der Waals surface area (Å²) in [6.07, 6.45) is 10.6. The molecular formula is C33H54O5. The molecule has 0 aromatic rings. The molecule has 3 unspecified atom stereocenters. The number of hydrogen-bond donors (Lipinski definition) is 1. The first-order valence-corrected chi connectivity index (χ1v) is 15.6. The maximum absolute atomic E-state index is 13.8. The van der Waals surface area contributed by atoms with Crippen molar-refractivity contribution in [1.82, 2.24) is 0 Å². The van der Waals surface area contributed by atoms with Gasteiger partial charge in [-0.05, 0) is 121 Å². The molecule has 0 aromatic heterocycles. The van der Waals surface area contributed by atoms with Gasteiger partial charge in [-0.1, -0.05) is 48.5 Å². The van der Waals surface area contributed by atoms with E-state index < -0.39 is 11.4 Å². The van der Waals surface area contributed by atoms with E-state index in [1.54, 1.807) is 0 Å². The van der Waals surface area contributed by atoms with Crippen molar-refractivity contribution in [2.24, 2.45) is 62.6 Å². The van der Waals surface area contributed by atoms with Crippen molar-refractivity contribution in [3.63, 3.8) is 0 Å². The summed E-state index contributed by atoms with van der Waals surface area (Å²) < 4.78 is 10.7. The molecule has 0 aliphatic heterocycles. The Bertz CT molecular complexity index is 957. The lowest BCUT2D eigenvalue weighted by Gasteiger charge is -2.72. The van der Waals surface area contributed by atoms with Crippen LogP contribution in [0.1, 0.15) is 120 Å². The van der Waals surface area contributed by atoms with Gasteiger partial charge in [0.2, 0.25) is 6.79 Å². The Kier molecular flexibility index (Phi) is 6.89. The van der Waals surface area contributed by atoms with Crippen LogP contribution in [0, 0.1) is 62.6 Å². The largest absolute Gasteiger partial charge is 0.428 e. The minimum Gasteiger partial charge on any atom is -0.428 e. The number of rotatable bonds is 4. The van der Waals surface area contributed by atoms with E-state index in [4.69, 9.17) is 9.47 Å². The second-order valence-electron chi connectivity index (χ2n) is 15.9. The van der Waals surface area contributed by atoms with Crippen LogP contribution < -0.4 is 0 Å². The molecule has 5 nitrogen and oxygen atoms in total. The Morgan fingerprint density at radius 2 is 1.53 bits per heavy atom. The molecule has 0 saturated heterocycles. The van der Waals surface area contributed by atoms with Crippen LogP contribution in [0.4, 0.5) is 0 Å². The van der Waals surface area contributed by atoms with Crippen molar-refractivity contribution < 1.29 is 24.2 Å². The monoisotopic (exact) mass is 530 g/mol. The summed E-state index contributed by atoms with van der Waals surface area (Å²) in [4.78, 5) is 25.1. The summed E-state index contributed by atoms with van der Waals surface area (Å²) in [5, 5.41) is 11.0. The van der Waals surface area contributed by atoms with Crippen LogP contribution in [0.15, 0.2) is 0 Å². The summed E-state index contributed by atoms with van der Waals surface area (Å²) in [6, 6.07) is 0. The minimum atomic E-state index is -0.444. The van der Waals surface area contributed by atoms with Crippen LogP contribution in [-0.4, -0.2) is 29.9 Å². The van der Waals surface area contributed by atoms with E-state index in [9.17, 15) is 14.7 Å². The van der Waals surface area contributed by atoms with Crippen LogP contribution >= 0.6 is 0 Å². The van der Waals surface area contributed by atoms with Crippen LogP contribution in [0.25, 0.3) is 0 Å². The van der Waals surface area contributed by atoms with Gasteiger partial charge in [0.1, 0.15) is 0 Å². The number of carbonyl (C=O) groups is 2. The van der Waals surface area contributed by atoms with Crippen molar-refractivity contribution in [3.05, 3.63) is 0 Å². The van der Waals surface area contributed by atoms with Gasteiger partial charge < -0.3 is 14.6 Å². The first-order valence-electron chi connectivity index (χ1n) is 15.6. The number of aliphatic hydroxyl groups excluding tert-OH is 1. The van der Waals surface area contributed by atoms with Gasteiger partial charge in [0, 0.05) is 6.92 Å². The van der Waals surface area contributed by atoms with Gasteiger partial charge in [-0.2, -0.15) is 0 Å². The standard InChI is InChI=1S/C33H54O5/c1-20(2)22-11-16-33(28(36)38-19-37-21(3)34)18-17-31(7)23(27(22)33)9-10-25-30(6)14-13-26(35)29(4,5)24(30)12-15-32(25,31)8/h20,22-27,35H,9-19H2,1-8H3/t22?,23-,24?,25-,26-,27?,30+,31-,32-,33+/m1/s1. The normalized spacial score (nSPS) is 49.3. The SMILES string of the molecule is CC(=O)OCOC(=O)[C@]12CCC(C(C)C)C1[C@H]1CC[C@@H]3[C@@]4(C)CC[C@@H](O)C(C)(C)C4CC[C@@]3(C)[C@]1(C)CC2. The van der Waals surface area contributed by atoms with E-state index in [2.05, 4.69) is 48.5 Å². The van der Waals surface area contributed by atoms with Gasteiger partial charge in [-0.25, -0.2) is 0 Å². The maximum atomic E-state index is 13.8. The number of carbonyl (C=O) groups excluding carboxylic acids is 2. The minimum absolute atomic E-state index is 0.0340. The quantitative estimate of drug-likeness (QED) is 0.309. The van der Waals surface area contributed by atoms with E-state index >= 15 is 0 Å². The first-order chi connectivity index (χ1) is 17.6. The number of esters is 2. The average molecular weight is 531 g/mol. The molecule has 0 aromatic carbocycles. The predicted octanol–water partition coefficient (Wildman–Crippen LogP) is 7.15. The summed E-state index contributed by atoms with van der Waals surface area (Å²) in [5.41, 5.74) is 0.200. The topological polar surface area (TPSA) is 72.8 Å². The number of fused-ring (bicyclic) bond motifs is 7. The Morgan fingerprint density at radius 1 is 0.816 bits per heavy atom. The molecule has 0 spiro atoms. The third kappa shape index (κ3) is 3.72. The van der Waals surface area contributed by atoms with E-state index in [-0.39, 0.29) is 40.5 Å². The molecule has 0 heterocycles. The molecule has 5 aliphatic rings. The molecule has 5 aliphatic carbocycles. The number of hydrogen-bond acceptors (Lipinski definition) is 5. The van der Waals surface area contributed by atoms with Gasteiger partial charge in [-0.15, -0.1) is 0 Å². The van der Waals surface area contributed by atoms with Crippen molar-refractivity contribution in [3.8, 4) is 0 Å². The lowest BCUT2D eigenvalue weighted by molar-refractivity contribution is -0.251. The lowest BCUT2D eigenvalue weighted by Crippen LogP contribution is -2.67. The molecule has 216 valence electrons. The van der Waals surface area contributed by atoms with Crippen LogP contribution in [-0.2, 0) is 19.1 Å². The van der Waals surface area contributed by atoms with E-state index in [0.29, 0.717) is 35.5 Å². The van der Waals surface area contributed by atoms with Crippen molar-refractivity contribution in [1.29, 1.82) is 0 Å². The smallest absolute Gasteiger partial charge is 0.315 e. The van der Waals surface area contributed by atoms with Crippen molar-refractivity contribution in [2.45, 2.75) is 126 Å². The van der Waals surface area contributed by atoms with Gasteiger partial charge in [0.15, 0.2) is 0 Å². The van der Waals surface area contributed by atoms with E-state index in [1.165, 1.54) is 32.6 Å². The zero-order valence-corrected chi connectivity index (χ0v) is 25.4. The Morgan fingerprint density at radius 3 is 2.18 bits per heavy atom. The molecule has 0 bridgehead atoms. The molecule has 5 heteroatoms. The highest BCUT2D eigenvalue weighted by Crippen LogP contribution is 2.77. The first kappa shape index (κ1) is 28.4. The predicted molar refractivity (Wildman–Crippen MR) is 148 cm³/mol. The number of ether oxygens (including phenoxy) is 2. The van der Waals surface area contributed by atoms with Gasteiger partial charge in [0.25, 0.3) is 0 Å². The molecule has 0 radical (unpaired) electrons. The second kappa shape index (κ2) is 9.21. The van der Waals surface area contributed by atoms with Gasteiger partial charge in [0.05, 0.1) is 11.5 Å². The van der Waals surface area contributed by atoms with Gasteiger partial charge >= 0.3 is 11.9 Å². The van der Waals surface area contributed by atoms with Crippen molar-refractivity contribution in [2.75, 3.05) is 6.79 Å². The molecule has 0 amide bonds. The third-order valence-electron chi connectivity index (χ3n) is 14.2. The lowest BCUT2D eigenvalue weighted by atomic mass is 9.32. The van der Waals surface area contributed by atoms with Crippen LogP contribution in [0.5, 0.6) is 0 Å². The second-order valence-corrected chi connectivity index (χ2v) is 15.9. The summed E-state index contributed by atoms with van der Waals surface area (Å²) >= 11 is 0. The van der Waals surface area contributed by atoms with Crippen molar-refractivity contribution >= 4 is 11.9 Å². The Labute approximate surface area is 231 Å². The molecule has 5 rings (SSSR count). The molecule has 5 fully saturated rings. The zero-order chi connectivity index (χ0) is 27.9. The fourth-order valence-electron chi connectivity index (χ4n) is 12.0. The average Bonchev–Trinajstić information content (AvgIpc) is 3.23. The summed E-state index contributed by atoms with van der Waals surface area (Å²) in [6.45, 7) is 18.2. The molecule has 38 heavy (non-hydrogen) atoms. The zero-order valence-electron chi connectivity index (χ0n) is 25.4. The molecule has 1 N–H and O–H groups in total. The number of aliphatic hydroxyl groups is 1. The fraction of sp³-hybridized carbons (Fsp3) is 0.939. The Balaban J connectivity index is 1.49. The summed E-state index contributed by atoms with van der Waals surface area (Å²) in [5.74, 6) is 2.58. The molecule has 10 atom stereocenters. The molecule has 5 saturated carbocycles. The van der Waals surface area contributed by atoms with Crippen LogP contribution in [0.3, 0.4) is 0 Å². The van der Waals surface area contributed by atoms with E-state index in [1.807, 2.05) is 0 Å². The highest BCUT2D eigenvalue weighted by atomic mass is 16.7. The Hall–Kier alpha value is -1.10. The van der Waals surface area contributed by atoms with E-state index in [0.717, 1.165) is 38.5 Å². The van der Waals surface area contributed by atoms with Crippen LogP contribution in [0.2, 0.25) is 0 Å². The fourth-order valence-corrected chi connectivity index (χ4v) is 12.0.